The zero-order chi connectivity index (χ0) is 11.5. The molecule has 84 valence electrons. The molecule has 0 radical (unpaired) electrons. The summed E-state index contributed by atoms with van der Waals surface area (Å²) in [4.78, 5) is 4.36. The molecule has 0 unspecified atom stereocenters. The Morgan fingerprint density at radius 3 is 2.62 bits per heavy atom. The minimum Gasteiger partial charge on any atom is -0.330 e. The highest BCUT2D eigenvalue weighted by atomic mass is 79.9. The highest BCUT2D eigenvalue weighted by Crippen LogP contribution is 2.14. The fourth-order valence-corrected chi connectivity index (χ4v) is 1.77. The number of aryl methyl sites for hydroxylation is 1. The minimum absolute atomic E-state index is 0.573. The van der Waals surface area contributed by atoms with E-state index in [1.165, 1.54) is 0 Å². The monoisotopic (exact) mass is 280 g/mol. The average molecular weight is 281 g/mol. The lowest BCUT2D eigenvalue weighted by Gasteiger charge is -2.02. The summed E-state index contributed by atoms with van der Waals surface area (Å²) < 4.78 is 2.88. The number of aromatic nitrogens is 3. The second-order valence-corrected chi connectivity index (χ2v) is 4.42. The van der Waals surface area contributed by atoms with E-state index in [0.29, 0.717) is 13.0 Å². The van der Waals surface area contributed by atoms with Gasteiger partial charge in [0.05, 0.1) is 5.69 Å². The summed E-state index contributed by atoms with van der Waals surface area (Å²) in [5, 5.41) is 4.41. The van der Waals surface area contributed by atoms with Gasteiger partial charge in [-0.05, 0) is 37.7 Å². The topological polar surface area (TPSA) is 56.7 Å². The molecule has 2 rings (SSSR count). The first kappa shape index (κ1) is 11.3. The molecular weight excluding hydrogens is 268 g/mol. The Morgan fingerprint density at radius 1 is 1.31 bits per heavy atom. The van der Waals surface area contributed by atoms with Crippen LogP contribution in [0.3, 0.4) is 0 Å². The Bertz CT molecular complexity index is 475. The zero-order valence-corrected chi connectivity index (χ0v) is 10.6. The van der Waals surface area contributed by atoms with Crippen LogP contribution in [0.4, 0.5) is 0 Å². The molecule has 5 heteroatoms. The normalized spacial score (nSPS) is 10.7. The number of hydrogen-bond acceptors (Lipinski definition) is 3. The van der Waals surface area contributed by atoms with Crippen molar-refractivity contribution in [3.8, 4) is 5.69 Å². The Hall–Kier alpha value is -1.20. The van der Waals surface area contributed by atoms with Crippen molar-refractivity contribution < 1.29 is 0 Å². The standard InChI is InChI=1S/C11H13BrN4/c1-8-14-11(6-7-13)15-16(8)10-4-2-9(12)3-5-10/h2-5H,6-7,13H2,1H3. The summed E-state index contributed by atoms with van der Waals surface area (Å²) >= 11 is 3.40. The Labute approximate surface area is 103 Å². The van der Waals surface area contributed by atoms with E-state index in [9.17, 15) is 0 Å². The SMILES string of the molecule is Cc1nc(CCN)nn1-c1ccc(Br)cc1. The molecule has 0 fully saturated rings. The summed E-state index contributed by atoms with van der Waals surface area (Å²) in [6.45, 7) is 2.51. The van der Waals surface area contributed by atoms with Crippen LogP contribution in [-0.2, 0) is 6.42 Å². The third-order valence-corrected chi connectivity index (χ3v) is 2.78. The van der Waals surface area contributed by atoms with Crippen LogP contribution >= 0.6 is 15.9 Å². The number of nitrogens with two attached hydrogens (primary N) is 1. The lowest BCUT2D eigenvalue weighted by Crippen LogP contribution is -2.05. The second kappa shape index (κ2) is 4.76. The van der Waals surface area contributed by atoms with E-state index in [-0.39, 0.29) is 0 Å². The van der Waals surface area contributed by atoms with Crippen LogP contribution in [0.2, 0.25) is 0 Å². The lowest BCUT2D eigenvalue weighted by molar-refractivity contribution is 0.803. The van der Waals surface area contributed by atoms with Gasteiger partial charge in [-0.3, -0.25) is 0 Å². The number of benzene rings is 1. The molecule has 4 nitrogen and oxygen atoms in total. The predicted molar refractivity (Wildman–Crippen MR) is 66.6 cm³/mol. The van der Waals surface area contributed by atoms with E-state index in [1.807, 2.05) is 35.9 Å². The molecule has 16 heavy (non-hydrogen) atoms. The van der Waals surface area contributed by atoms with E-state index < -0.39 is 0 Å². The molecular formula is C11H13BrN4. The Balaban J connectivity index is 2.36. The van der Waals surface area contributed by atoms with Crippen LogP contribution in [0.5, 0.6) is 0 Å². The van der Waals surface area contributed by atoms with Crippen molar-refractivity contribution in [1.82, 2.24) is 14.8 Å². The molecule has 1 heterocycles. The van der Waals surface area contributed by atoms with Crippen molar-refractivity contribution in [3.05, 3.63) is 40.4 Å². The van der Waals surface area contributed by atoms with Crippen molar-refractivity contribution in [2.24, 2.45) is 5.73 Å². The van der Waals surface area contributed by atoms with E-state index in [1.54, 1.807) is 0 Å². The fourth-order valence-electron chi connectivity index (χ4n) is 1.51. The third kappa shape index (κ3) is 2.31. The fraction of sp³-hybridized carbons (Fsp3) is 0.273. The first-order valence-electron chi connectivity index (χ1n) is 5.09. The van der Waals surface area contributed by atoms with Gasteiger partial charge in [0.1, 0.15) is 5.82 Å². The zero-order valence-electron chi connectivity index (χ0n) is 9.02. The summed E-state index contributed by atoms with van der Waals surface area (Å²) in [6.07, 6.45) is 0.713. The van der Waals surface area contributed by atoms with Crippen molar-refractivity contribution in [2.45, 2.75) is 13.3 Å². The van der Waals surface area contributed by atoms with Crippen LogP contribution in [-0.4, -0.2) is 21.3 Å². The summed E-state index contributed by atoms with van der Waals surface area (Å²) in [5.74, 6) is 1.67. The molecule has 0 aliphatic carbocycles. The summed E-state index contributed by atoms with van der Waals surface area (Å²) in [5.41, 5.74) is 6.49. The van der Waals surface area contributed by atoms with Crippen LogP contribution in [0.25, 0.3) is 5.69 Å². The van der Waals surface area contributed by atoms with Crippen LogP contribution in [0.15, 0.2) is 28.7 Å². The van der Waals surface area contributed by atoms with Gasteiger partial charge >= 0.3 is 0 Å². The van der Waals surface area contributed by atoms with Crippen LogP contribution in [0.1, 0.15) is 11.6 Å². The molecule has 2 N–H and O–H groups in total. The lowest BCUT2D eigenvalue weighted by atomic mass is 10.3. The van der Waals surface area contributed by atoms with Gasteiger partial charge in [-0.1, -0.05) is 15.9 Å². The van der Waals surface area contributed by atoms with Gasteiger partial charge in [-0.15, -0.1) is 0 Å². The molecule has 0 aliphatic rings. The number of nitrogens with zero attached hydrogens (tertiary/aromatic N) is 3. The third-order valence-electron chi connectivity index (χ3n) is 2.25. The van der Waals surface area contributed by atoms with Gasteiger partial charge < -0.3 is 5.73 Å². The number of hydrogen-bond donors (Lipinski definition) is 1. The highest BCUT2D eigenvalue weighted by molar-refractivity contribution is 9.10. The predicted octanol–water partition coefficient (Wildman–Crippen LogP) is 1.84. The van der Waals surface area contributed by atoms with Crippen molar-refractivity contribution in [2.75, 3.05) is 6.54 Å². The maximum absolute atomic E-state index is 5.48. The molecule has 0 aliphatic heterocycles. The van der Waals surface area contributed by atoms with Gasteiger partial charge in [-0.2, -0.15) is 5.10 Å². The maximum atomic E-state index is 5.48. The molecule has 0 bridgehead atoms. The largest absolute Gasteiger partial charge is 0.330 e. The van der Waals surface area contributed by atoms with E-state index in [2.05, 4.69) is 26.0 Å². The molecule has 0 atom stereocenters. The Morgan fingerprint density at radius 2 is 2.00 bits per heavy atom. The van der Waals surface area contributed by atoms with Gasteiger partial charge in [0.15, 0.2) is 5.82 Å². The smallest absolute Gasteiger partial charge is 0.152 e. The van der Waals surface area contributed by atoms with Gasteiger partial charge in [-0.25, -0.2) is 9.67 Å². The van der Waals surface area contributed by atoms with Crippen LogP contribution < -0.4 is 5.73 Å². The van der Waals surface area contributed by atoms with E-state index in [0.717, 1.165) is 21.8 Å². The molecule has 0 spiro atoms. The number of halogens is 1. The van der Waals surface area contributed by atoms with Gasteiger partial charge in [0.2, 0.25) is 0 Å². The van der Waals surface area contributed by atoms with Gasteiger partial charge in [0.25, 0.3) is 0 Å². The molecule has 1 aromatic heterocycles. The molecule has 0 saturated carbocycles. The van der Waals surface area contributed by atoms with Crippen molar-refractivity contribution in [1.29, 1.82) is 0 Å². The minimum atomic E-state index is 0.573. The summed E-state index contributed by atoms with van der Waals surface area (Å²) in [6, 6.07) is 7.97. The molecule has 0 saturated heterocycles. The maximum Gasteiger partial charge on any atom is 0.152 e. The molecule has 0 amide bonds. The van der Waals surface area contributed by atoms with Gasteiger partial charge in [0, 0.05) is 10.9 Å². The van der Waals surface area contributed by atoms with Crippen LogP contribution in [0, 0.1) is 6.92 Å². The highest BCUT2D eigenvalue weighted by Gasteiger charge is 2.06. The van der Waals surface area contributed by atoms with Crippen molar-refractivity contribution >= 4 is 15.9 Å². The first-order chi connectivity index (χ1) is 7.70. The molecule has 2 aromatic rings. The van der Waals surface area contributed by atoms with E-state index >= 15 is 0 Å². The average Bonchev–Trinajstić information content (AvgIpc) is 2.61. The number of rotatable bonds is 3. The van der Waals surface area contributed by atoms with Crippen molar-refractivity contribution in [3.63, 3.8) is 0 Å². The Kier molecular flexibility index (Phi) is 3.36. The molecule has 1 aromatic carbocycles. The quantitative estimate of drug-likeness (QED) is 0.934. The second-order valence-electron chi connectivity index (χ2n) is 3.50. The van der Waals surface area contributed by atoms with E-state index in [4.69, 9.17) is 5.73 Å². The first-order valence-corrected chi connectivity index (χ1v) is 5.88. The summed E-state index contributed by atoms with van der Waals surface area (Å²) in [7, 11) is 0.